The largest absolute Gasteiger partial charge is 0.0891 e. The van der Waals surface area contributed by atoms with Crippen LogP contribution in [0.3, 0.4) is 0 Å². The molecule has 0 saturated heterocycles. The van der Waals surface area contributed by atoms with Gasteiger partial charge in [0.2, 0.25) is 0 Å². The standard InChI is InChI=1S/C24H40/c1-2-4-6-8-10-12-14-16-18-20-22-24-23-21-19-17-15-13-11-9-7-5-3-1/h1-20H2. The van der Waals surface area contributed by atoms with Crippen LogP contribution in [0.1, 0.15) is 128 Å². The number of hydrogen-bond acceptors (Lipinski definition) is 0. The highest BCUT2D eigenvalue weighted by Crippen LogP contribution is 2.14. The first-order valence-corrected chi connectivity index (χ1v) is 11.0. The first kappa shape index (κ1) is 21.2. The molecule has 0 amide bonds. The molecule has 1 aliphatic carbocycles. The van der Waals surface area contributed by atoms with Crippen LogP contribution < -0.4 is 0 Å². The molecule has 0 atom stereocenters. The molecule has 0 spiro atoms. The predicted molar refractivity (Wildman–Crippen MR) is 108 cm³/mol. The lowest BCUT2D eigenvalue weighted by Crippen LogP contribution is -1.84. The first-order valence-electron chi connectivity index (χ1n) is 11.0. The summed E-state index contributed by atoms with van der Waals surface area (Å²) in [6.45, 7) is 0. The highest BCUT2D eigenvalue weighted by atomic mass is 14.0. The molecule has 0 aliphatic heterocycles. The van der Waals surface area contributed by atoms with Crippen molar-refractivity contribution in [2.45, 2.75) is 128 Å². The fraction of sp³-hybridized carbons (Fsp3) is 0.833. The molecule has 0 radical (unpaired) electrons. The summed E-state index contributed by atoms with van der Waals surface area (Å²) in [6.07, 6.45) is 27.5. The van der Waals surface area contributed by atoms with Gasteiger partial charge in [-0.25, -0.2) is 0 Å². The highest BCUT2D eigenvalue weighted by Gasteiger charge is 1.95. The fourth-order valence-electron chi connectivity index (χ4n) is 3.47. The summed E-state index contributed by atoms with van der Waals surface area (Å²) in [4.78, 5) is 0. The van der Waals surface area contributed by atoms with Crippen molar-refractivity contribution in [1.29, 1.82) is 0 Å². The van der Waals surface area contributed by atoms with E-state index < -0.39 is 0 Å². The van der Waals surface area contributed by atoms with E-state index in [-0.39, 0.29) is 0 Å². The topological polar surface area (TPSA) is 0 Å². The molecular formula is C24H40. The fourth-order valence-corrected chi connectivity index (χ4v) is 3.47. The Labute approximate surface area is 152 Å². The van der Waals surface area contributed by atoms with Gasteiger partial charge in [-0.05, 0) is 24.7 Å². The van der Waals surface area contributed by atoms with Gasteiger partial charge in [-0.1, -0.05) is 115 Å². The van der Waals surface area contributed by atoms with E-state index in [1.54, 1.807) is 0 Å². The Morgan fingerprint density at radius 1 is 0.250 bits per heavy atom. The summed E-state index contributed by atoms with van der Waals surface area (Å²) in [7, 11) is 0. The lowest BCUT2D eigenvalue weighted by atomic mass is 10.0. The Balaban J connectivity index is 2.13. The monoisotopic (exact) mass is 328 g/mol. The van der Waals surface area contributed by atoms with Crippen molar-refractivity contribution in [2.75, 3.05) is 0 Å². The van der Waals surface area contributed by atoms with Gasteiger partial charge in [0, 0.05) is 12.8 Å². The van der Waals surface area contributed by atoms with E-state index in [1.165, 1.54) is 116 Å². The number of hydrogen-bond donors (Lipinski definition) is 0. The maximum absolute atomic E-state index is 3.21. The third-order valence-corrected chi connectivity index (χ3v) is 5.09. The normalized spacial score (nSPS) is 21.3. The second-order valence-corrected chi connectivity index (χ2v) is 7.47. The zero-order valence-electron chi connectivity index (χ0n) is 16.1. The van der Waals surface area contributed by atoms with Crippen molar-refractivity contribution in [3.05, 3.63) is 0 Å². The molecule has 24 heavy (non-hydrogen) atoms. The van der Waals surface area contributed by atoms with Crippen molar-refractivity contribution in [2.24, 2.45) is 0 Å². The van der Waals surface area contributed by atoms with Crippen molar-refractivity contribution in [1.82, 2.24) is 0 Å². The molecule has 0 fully saturated rings. The third-order valence-electron chi connectivity index (χ3n) is 5.09. The van der Waals surface area contributed by atoms with E-state index >= 15 is 0 Å². The van der Waals surface area contributed by atoms with E-state index in [0.717, 1.165) is 12.8 Å². The quantitative estimate of drug-likeness (QED) is 0.398. The SMILES string of the molecule is C1#CCCCCCCCCCCCCCCCCCCCCC#C1. The van der Waals surface area contributed by atoms with Crippen molar-refractivity contribution >= 4 is 0 Å². The van der Waals surface area contributed by atoms with Crippen LogP contribution in [0.5, 0.6) is 0 Å². The highest BCUT2D eigenvalue weighted by molar-refractivity contribution is 5.25. The minimum Gasteiger partial charge on any atom is -0.0891 e. The van der Waals surface area contributed by atoms with E-state index in [1.807, 2.05) is 0 Å². The van der Waals surface area contributed by atoms with E-state index in [4.69, 9.17) is 0 Å². The lowest BCUT2D eigenvalue weighted by Gasteiger charge is -2.03. The molecule has 0 nitrogen and oxygen atoms in total. The van der Waals surface area contributed by atoms with Crippen LogP contribution in [0.25, 0.3) is 0 Å². The molecule has 1 rings (SSSR count). The third kappa shape index (κ3) is 16.0. The summed E-state index contributed by atoms with van der Waals surface area (Å²) in [5.74, 6) is 12.5. The van der Waals surface area contributed by atoms with Gasteiger partial charge in [-0.2, -0.15) is 0 Å². The van der Waals surface area contributed by atoms with Crippen LogP contribution >= 0.6 is 0 Å². The molecule has 0 saturated carbocycles. The zero-order valence-corrected chi connectivity index (χ0v) is 16.1. The molecule has 0 bridgehead atoms. The second-order valence-electron chi connectivity index (χ2n) is 7.47. The Morgan fingerprint density at radius 2 is 0.458 bits per heavy atom. The van der Waals surface area contributed by atoms with Gasteiger partial charge < -0.3 is 0 Å². The molecule has 0 aromatic carbocycles. The lowest BCUT2D eigenvalue weighted by molar-refractivity contribution is 0.525. The second kappa shape index (κ2) is 18.5. The smallest absolute Gasteiger partial charge is 0.00989 e. The van der Waals surface area contributed by atoms with Crippen LogP contribution in [0, 0.1) is 23.7 Å². The Hall–Kier alpha value is -0.880. The van der Waals surface area contributed by atoms with Crippen LogP contribution in [0.4, 0.5) is 0 Å². The molecule has 136 valence electrons. The summed E-state index contributed by atoms with van der Waals surface area (Å²) in [6, 6.07) is 0. The molecule has 0 unspecified atom stereocenters. The van der Waals surface area contributed by atoms with Crippen LogP contribution in [-0.2, 0) is 0 Å². The van der Waals surface area contributed by atoms with Crippen LogP contribution in [0.2, 0.25) is 0 Å². The van der Waals surface area contributed by atoms with Crippen LogP contribution in [0.15, 0.2) is 0 Å². The van der Waals surface area contributed by atoms with E-state index in [9.17, 15) is 0 Å². The van der Waals surface area contributed by atoms with Crippen LogP contribution in [-0.4, -0.2) is 0 Å². The average Bonchev–Trinajstić information content (AvgIpc) is 2.59. The summed E-state index contributed by atoms with van der Waals surface area (Å²) in [5, 5.41) is 0. The van der Waals surface area contributed by atoms with Gasteiger partial charge in [-0.3, -0.25) is 0 Å². The molecular weight excluding hydrogens is 288 g/mol. The first-order chi connectivity index (χ1) is 12.0. The maximum Gasteiger partial charge on any atom is 0.00989 e. The minimum absolute atomic E-state index is 1.04. The summed E-state index contributed by atoms with van der Waals surface area (Å²) in [5.41, 5.74) is 0. The van der Waals surface area contributed by atoms with Gasteiger partial charge in [0.25, 0.3) is 0 Å². The van der Waals surface area contributed by atoms with Gasteiger partial charge in [0.1, 0.15) is 0 Å². The van der Waals surface area contributed by atoms with E-state index in [2.05, 4.69) is 23.7 Å². The molecule has 0 heteroatoms. The average molecular weight is 329 g/mol. The molecule has 0 heterocycles. The Bertz CT molecular complexity index is 332. The Morgan fingerprint density at radius 3 is 0.708 bits per heavy atom. The maximum atomic E-state index is 3.21. The molecule has 0 N–H and O–H groups in total. The Kier molecular flexibility index (Phi) is 16.3. The van der Waals surface area contributed by atoms with Gasteiger partial charge in [-0.15, -0.1) is 0 Å². The summed E-state index contributed by atoms with van der Waals surface area (Å²) >= 11 is 0. The number of rotatable bonds is 0. The molecule has 1 aliphatic rings. The van der Waals surface area contributed by atoms with Gasteiger partial charge >= 0.3 is 0 Å². The predicted octanol–water partition coefficient (Wildman–Crippen LogP) is 7.81. The minimum atomic E-state index is 1.04. The van der Waals surface area contributed by atoms with Gasteiger partial charge in [0.05, 0.1) is 0 Å². The van der Waals surface area contributed by atoms with E-state index in [0.29, 0.717) is 0 Å². The van der Waals surface area contributed by atoms with Crippen molar-refractivity contribution in [3.63, 3.8) is 0 Å². The molecule has 0 aromatic heterocycles. The van der Waals surface area contributed by atoms with Crippen molar-refractivity contribution < 1.29 is 0 Å². The zero-order chi connectivity index (χ0) is 17.0. The summed E-state index contributed by atoms with van der Waals surface area (Å²) < 4.78 is 0. The van der Waals surface area contributed by atoms with Crippen molar-refractivity contribution in [3.8, 4) is 23.7 Å². The van der Waals surface area contributed by atoms with Gasteiger partial charge in [0.15, 0.2) is 0 Å². The molecule has 0 aromatic rings.